The Morgan fingerprint density at radius 3 is 2.82 bits per heavy atom. The van der Waals surface area contributed by atoms with E-state index in [0.717, 1.165) is 6.54 Å². The highest BCUT2D eigenvalue weighted by Gasteiger charge is 2.05. The highest BCUT2D eigenvalue weighted by Crippen LogP contribution is 2.18. The molecule has 1 nitrogen and oxygen atoms in total. The molecular weight excluding hydrogens is 134 g/mol. The van der Waals surface area contributed by atoms with Crippen LogP contribution < -0.4 is 0 Å². The third-order valence-electron chi connectivity index (χ3n) is 2.23. The van der Waals surface area contributed by atoms with Crippen molar-refractivity contribution < 1.29 is 0 Å². The van der Waals surface area contributed by atoms with E-state index in [1.807, 2.05) is 0 Å². The Bertz CT molecular complexity index is 189. The Labute approximate surface area is 69.4 Å². The van der Waals surface area contributed by atoms with E-state index < -0.39 is 0 Å². The maximum Gasteiger partial charge on any atom is 0.0143 e. The first kappa shape index (κ1) is 8.38. The zero-order chi connectivity index (χ0) is 8.27. The maximum absolute atomic E-state index is 2.32. The summed E-state index contributed by atoms with van der Waals surface area (Å²) >= 11 is 0. The molecule has 62 valence electrons. The van der Waals surface area contributed by atoms with Gasteiger partial charge in [-0.05, 0) is 32.8 Å². The number of allylic oxidation sites excluding steroid dienone is 4. The maximum atomic E-state index is 2.32. The van der Waals surface area contributed by atoms with Crippen molar-refractivity contribution >= 4 is 0 Å². The first-order valence-electron chi connectivity index (χ1n) is 4.32. The van der Waals surface area contributed by atoms with Gasteiger partial charge in [-0.2, -0.15) is 0 Å². The van der Waals surface area contributed by atoms with Crippen LogP contribution in [0.5, 0.6) is 0 Å². The van der Waals surface area contributed by atoms with Crippen molar-refractivity contribution in [1.29, 1.82) is 0 Å². The second-order valence-electron chi connectivity index (χ2n) is 3.14. The van der Waals surface area contributed by atoms with Crippen molar-refractivity contribution in [2.75, 3.05) is 13.6 Å². The summed E-state index contributed by atoms with van der Waals surface area (Å²) in [6.07, 6.45) is 7.00. The molecule has 1 aliphatic rings. The lowest BCUT2D eigenvalue weighted by Gasteiger charge is -2.22. The molecule has 0 aliphatic heterocycles. The van der Waals surface area contributed by atoms with E-state index in [4.69, 9.17) is 0 Å². The van der Waals surface area contributed by atoms with Crippen LogP contribution in [-0.2, 0) is 0 Å². The number of nitrogens with zero attached hydrogens (tertiary/aromatic N) is 1. The van der Waals surface area contributed by atoms with E-state index >= 15 is 0 Å². The van der Waals surface area contributed by atoms with Crippen LogP contribution in [0.2, 0.25) is 0 Å². The Hall–Kier alpha value is -0.720. The van der Waals surface area contributed by atoms with Gasteiger partial charge in [0.2, 0.25) is 0 Å². The standard InChI is InChI=1S/C10H17N/c1-4-11(3)10-7-5-6-9(2)8-10/h6,8H,4-5,7H2,1-3H3. The molecule has 0 aromatic heterocycles. The fourth-order valence-corrected chi connectivity index (χ4v) is 1.35. The quantitative estimate of drug-likeness (QED) is 0.586. The van der Waals surface area contributed by atoms with E-state index in [9.17, 15) is 0 Å². The highest BCUT2D eigenvalue weighted by atomic mass is 15.1. The van der Waals surface area contributed by atoms with Gasteiger partial charge >= 0.3 is 0 Å². The second-order valence-corrected chi connectivity index (χ2v) is 3.14. The molecule has 1 heteroatoms. The Morgan fingerprint density at radius 2 is 2.27 bits per heavy atom. The molecule has 0 radical (unpaired) electrons. The summed E-state index contributed by atoms with van der Waals surface area (Å²) < 4.78 is 0. The molecule has 1 rings (SSSR count). The van der Waals surface area contributed by atoms with E-state index in [0.29, 0.717) is 0 Å². The molecule has 0 aromatic rings. The van der Waals surface area contributed by atoms with Gasteiger partial charge in [-0.1, -0.05) is 11.6 Å². The normalized spacial score (nSPS) is 17.4. The van der Waals surface area contributed by atoms with Crippen LogP contribution in [0.3, 0.4) is 0 Å². The number of hydrogen-bond acceptors (Lipinski definition) is 1. The van der Waals surface area contributed by atoms with Crippen LogP contribution in [-0.4, -0.2) is 18.5 Å². The van der Waals surface area contributed by atoms with Crippen molar-refractivity contribution in [3.63, 3.8) is 0 Å². The van der Waals surface area contributed by atoms with Crippen LogP contribution in [0.1, 0.15) is 26.7 Å². The topological polar surface area (TPSA) is 3.24 Å². The lowest BCUT2D eigenvalue weighted by Crippen LogP contribution is -2.17. The summed E-state index contributed by atoms with van der Waals surface area (Å²) in [5.41, 5.74) is 2.89. The average Bonchev–Trinajstić information content (AvgIpc) is 2.03. The second kappa shape index (κ2) is 3.61. The summed E-state index contributed by atoms with van der Waals surface area (Å²) in [7, 11) is 2.16. The van der Waals surface area contributed by atoms with Crippen LogP contribution >= 0.6 is 0 Å². The van der Waals surface area contributed by atoms with Crippen molar-refractivity contribution in [2.24, 2.45) is 0 Å². The molecule has 0 amide bonds. The SMILES string of the molecule is CCN(C)C1=CC(C)=CCC1. The fourth-order valence-electron chi connectivity index (χ4n) is 1.35. The molecular formula is C10H17N. The minimum Gasteiger partial charge on any atom is -0.378 e. The monoisotopic (exact) mass is 151 g/mol. The van der Waals surface area contributed by atoms with Crippen LogP contribution in [0.25, 0.3) is 0 Å². The zero-order valence-electron chi connectivity index (χ0n) is 7.72. The third kappa shape index (κ3) is 2.11. The molecule has 0 fully saturated rings. The summed E-state index contributed by atoms with van der Waals surface area (Å²) in [5.74, 6) is 0. The predicted molar refractivity (Wildman–Crippen MR) is 49.4 cm³/mol. The Morgan fingerprint density at radius 1 is 1.55 bits per heavy atom. The summed E-state index contributed by atoms with van der Waals surface area (Å²) in [6, 6.07) is 0. The van der Waals surface area contributed by atoms with E-state index in [1.165, 1.54) is 24.1 Å². The highest BCUT2D eigenvalue weighted by molar-refractivity contribution is 5.25. The minimum atomic E-state index is 1.11. The number of hydrogen-bond donors (Lipinski definition) is 0. The van der Waals surface area contributed by atoms with Crippen LogP contribution in [0, 0.1) is 0 Å². The average molecular weight is 151 g/mol. The van der Waals surface area contributed by atoms with Gasteiger partial charge in [-0.15, -0.1) is 0 Å². The van der Waals surface area contributed by atoms with E-state index in [1.54, 1.807) is 0 Å². The first-order valence-corrected chi connectivity index (χ1v) is 4.32. The lowest BCUT2D eigenvalue weighted by molar-refractivity contribution is 0.421. The van der Waals surface area contributed by atoms with Gasteiger partial charge in [0.25, 0.3) is 0 Å². The molecule has 0 aromatic carbocycles. The Kier molecular flexibility index (Phi) is 2.75. The van der Waals surface area contributed by atoms with Crippen molar-refractivity contribution in [3.8, 4) is 0 Å². The van der Waals surface area contributed by atoms with E-state index in [-0.39, 0.29) is 0 Å². The molecule has 0 saturated carbocycles. The smallest absolute Gasteiger partial charge is 0.0143 e. The lowest BCUT2D eigenvalue weighted by atomic mass is 10.1. The Balaban J connectivity index is 2.64. The molecule has 0 atom stereocenters. The summed E-state index contributed by atoms with van der Waals surface area (Å²) in [5, 5.41) is 0. The van der Waals surface area contributed by atoms with Gasteiger partial charge in [0, 0.05) is 19.3 Å². The molecule has 1 aliphatic carbocycles. The fraction of sp³-hybridized carbons (Fsp3) is 0.600. The molecule has 0 N–H and O–H groups in total. The molecule has 0 saturated heterocycles. The molecule has 0 bridgehead atoms. The van der Waals surface area contributed by atoms with Gasteiger partial charge in [0.05, 0.1) is 0 Å². The predicted octanol–water partition coefficient (Wildman–Crippen LogP) is 2.56. The van der Waals surface area contributed by atoms with Crippen molar-refractivity contribution in [1.82, 2.24) is 4.90 Å². The van der Waals surface area contributed by atoms with Crippen LogP contribution in [0.4, 0.5) is 0 Å². The third-order valence-corrected chi connectivity index (χ3v) is 2.23. The minimum absolute atomic E-state index is 1.11. The summed E-state index contributed by atoms with van der Waals surface area (Å²) in [4.78, 5) is 2.32. The van der Waals surface area contributed by atoms with Gasteiger partial charge in [0.15, 0.2) is 0 Å². The van der Waals surface area contributed by atoms with Gasteiger partial charge in [0.1, 0.15) is 0 Å². The van der Waals surface area contributed by atoms with Gasteiger partial charge in [-0.3, -0.25) is 0 Å². The van der Waals surface area contributed by atoms with Crippen LogP contribution in [0.15, 0.2) is 23.4 Å². The van der Waals surface area contributed by atoms with Gasteiger partial charge in [-0.25, -0.2) is 0 Å². The molecule has 11 heavy (non-hydrogen) atoms. The van der Waals surface area contributed by atoms with Crippen molar-refractivity contribution in [3.05, 3.63) is 23.4 Å². The molecule has 0 heterocycles. The largest absolute Gasteiger partial charge is 0.378 e. The number of rotatable bonds is 2. The van der Waals surface area contributed by atoms with Gasteiger partial charge < -0.3 is 4.90 Å². The first-order chi connectivity index (χ1) is 5.24. The van der Waals surface area contributed by atoms with Crippen molar-refractivity contribution in [2.45, 2.75) is 26.7 Å². The summed E-state index contributed by atoms with van der Waals surface area (Å²) in [6.45, 7) is 5.47. The molecule has 0 unspecified atom stereocenters. The molecule has 0 spiro atoms. The zero-order valence-corrected chi connectivity index (χ0v) is 7.72. The van der Waals surface area contributed by atoms with E-state index in [2.05, 4.69) is 37.9 Å².